The molecule has 1 aliphatic heterocycles. The summed E-state index contributed by atoms with van der Waals surface area (Å²) in [7, 11) is 12.9. The Morgan fingerprint density at radius 2 is 1.59 bits per heavy atom. The van der Waals surface area contributed by atoms with E-state index in [2.05, 4.69) is 53.5 Å². The Labute approximate surface area is 403 Å². The lowest BCUT2D eigenvalue weighted by Crippen LogP contribution is -2.47. The first-order chi connectivity index (χ1) is 33.0. The molecule has 1 aliphatic rings. The zero-order valence-corrected chi connectivity index (χ0v) is 39.5. The highest BCUT2D eigenvalue weighted by molar-refractivity contribution is 6.41. The van der Waals surface area contributed by atoms with Crippen molar-refractivity contribution in [3.63, 3.8) is 0 Å². The fraction of sp³-hybridized carbons (Fsp3) is 0.314. The summed E-state index contributed by atoms with van der Waals surface area (Å²) < 4.78 is 5.92. The number of unbranched alkanes of at least 4 members (excludes halogenated alkanes) is 1. The molecule has 352 valence electrons. The standard InChI is InChI=1S/C51H57B2N11O5/c1-29(2)41-26-43-31(4)21-35(61-43)23-42-30(3)20-36(60-42)24-44-32(5)39(14-16-48(66)67)45(62-44)22-34(59-41)11-15-47(65)63-40(8-6-7-17-54)50(68)55-18-19-69-38-12-9-33(10-13-38)51(52,53)64-37-25-46-49(56-27-37)58-28-57-46/h9-10,12-13,20-28,40,60-61,64H,1,6-8,11,14-19,54H2,2-5H3,(H,55,68)(H,63,65)(H,66,67)(H,56,57,58)/t40-/m0/s1. The number of carboxylic acids is 1. The van der Waals surface area contributed by atoms with Crippen LogP contribution in [-0.4, -0.2) is 99.2 Å². The number of H-pyrrole nitrogens is 3. The molecule has 6 bridgehead atoms. The van der Waals surface area contributed by atoms with Crippen molar-refractivity contribution in [1.82, 2.24) is 45.5 Å². The van der Waals surface area contributed by atoms with Crippen LogP contribution in [-0.2, 0) is 26.1 Å². The topological polar surface area (TPSA) is 242 Å². The van der Waals surface area contributed by atoms with Gasteiger partial charge >= 0.3 is 5.97 Å². The molecule has 6 heterocycles. The molecule has 69 heavy (non-hydrogen) atoms. The van der Waals surface area contributed by atoms with Crippen molar-refractivity contribution in [3.8, 4) is 5.75 Å². The molecule has 2 amide bonds. The van der Waals surface area contributed by atoms with Crippen molar-refractivity contribution >= 4 is 89.1 Å². The summed E-state index contributed by atoms with van der Waals surface area (Å²) >= 11 is 0. The minimum Gasteiger partial charge on any atom is -0.492 e. The molecule has 0 fully saturated rings. The molecule has 9 N–H and O–H groups in total. The van der Waals surface area contributed by atoms with Crippen molar-refractivity contribution in [1.29, 1.82) is 0 Å². The molecule has 0 saturated heterocycles. The number of carbonyl (C=O) groups is 3. The van der Waals surface area contributed by atoms with Gasteiger partial charge in [0.1, 0.15) is 18.4 Å². The number of aromatic amines is 3. The van der Waals surface area contributed by atoms with Crippen molar-refractivity contribution < 1.29 is 24.2 Å². The van der Waals surface area contributed by atoms with Gasteiger partial charge in [-0.25, -0.2) is 15.0 Å². The molecule has 5 aromatic heterocycles. The van der Waals surface area contributed by atoms with Gasteiger partial charge in [-0.1, -0.05) is 18.7 Å². The summed E-state index contributed by atoms with van der Waals surface area (Å²) in [4.78, 5) is 67.7. The normalized spacial score (nSPS) is 12.4. The van der Waals surface area contributed by atoms with Crippen LogP contribution in [0.1, 0.15) is 91.8 Å². The molecule has 0 aliphatic carbocycles. The fourth-order valence-electron chi connectivity index (χ4n) is 8.03. The SMILES string of the molecule is [B]C([B])(Nc1cnc2nc[nH]c2c1)c1ccc(OCCNC(=O)[C@H](CCCCN)NC(=O)CCc2cc3nc(cc4cc(C)c(cc5cc(C)c(cc(C(=C)C)n2)[nH]5)[nH]4)C(C)=C3CCC(=O)O)cc1. The van der Waals surface area contributed by atoms with Gasteiger partial charge in [-0.15, -0.1) is 0 Å². The van der Waals surface area contributed by atoms with Crippen LogP contribution in [0, 0.1) is 13.8 Å². The molecular formula is C51H57B2N11O5. The molecule has 0 unspecified atom stereocenters. The van der Waals surface area contributed by atoms with Crippen LogP contribution in [0.4, 0.5) is 5.69 Å². The highest BCUT2D eigenvalue weighted by atomic mass is 16.5. The average Bonchev–Trinajstić information content (AvgIpc) is 4.07. The van der Waals surface area contributed by atoms with E-state index < -0.39 is 17.3 Å². The predicted molar refractivity (Wildman–Crippen MR) is 273 cm³/mol. The Hall–Kier alpha value is -7.46. The van der Waals surface area contributed by atoms with Crippen LogP contribution < -0.4 is 26.4 Å². The van der Waals surface area contributed by atoms with Crippen molar-refractivity contribution in [2.75, 3.05) is 25.0 Å². The number of aliphatic carboxylic acids is 1. The number of rotatable bonds is 20. The molecule has 7 rings (SSSR count). The molecule has 0 saturated carbocycles. The molecule has 6 aromatic rings. The number of aryl methyl sites for hydroxylation is 3. The number of nitrogens with zero attached hydrogens (tertiary/aromatic N) is 4. The van der Waals surface area contributed by atoms with Crippen LogP contribution in [0.2, 0.25) is 0 Å². The Kier molecular flexibility index (Phi) is 15.8. The lowest BCUT2D eigenvalue weighted by Gasteiger charge is -2.29. The summed E-state index contributed by atoms with van der Waals surface area (Å²) in [5.74, 6) is -1.08. The van der Waals surface area contributed by atoms with Crippen LogP contribution in [0.3, 0.4) is 0 Å². The van der Waals surface area contributed by atoms with Gasteiger partial charge in [0, 0.05) is 40.6 Å². The Morgan fingerprint density at radius 1 is 0.870 bits per heavy atom. The number of pyridine rings is 1. The third kappa shape index (κ3) is 13.0. The first kappa shape index (κ1) is 49.4. The second-order valence-corrected chi connectivity index (χ2v) is 17.4. The third-order valence-electron chi connectivity index (χ3n) is 11.8. The van der Waals surface area contributed by atoms with E-state index in [-0.39, 0.29) is 50.6 Å². The van der Waals surface area contributed by atoms with Crippen molar-refractivity contribution in [3.05, 3.63) is 125 Å². The number of carbonyl (C=O) groups excluding carboxylic acids is 2. The smallest absolute Gasteiger partial charge is 0.303 e. The molecule has 4 radical (unpaired) electrons. The maximum Gasteiger partial charge on any atom is 0.303 e. The van der Waals surface area contributed by atoms with Crippen LogP contribution >= 0.6 is 0 Å². The average molecular weight is 926 g/mol. The number of carboxylic acid groups (broad SMARTS) is 1. The van der Waals surface area contributed by atoms with E-state index in [1.54, 1.807) is 36.8 Å². The Bertz CT molecular complexity index is 3060. The quantitative estimate of drug-likeness (QED) is 0.0286. The number of ether oxygens (including phenoxy) is 1. The second kappa shape index (κ2) is 22.1. The molecule has 0 spiro atoms. The lowest BCUT2D eigenvalue weighted by molar-refractivity contribution is -0.136. The first-order valence-corrected chi connectivity index (χ1v) is 23.0. The largest absolute Gasteiger partial charge is 0.492 e. The number of hydrogen-bond donors (Lipinski definition) is 8. The first-order valence-electron chi connectivity index (χ1n) is 23.0. The minimum atomic E-state index is -1.41. The molecule has 1 aromatic carbocycles. The van der Waals surface area contributed by atoms with Gasteiger partial charge in [0.15, 0.2) is 5.65 Å². The van der Waals surface area contributed by atoms with E-state index in [1.165, 1.54) is 0 Å². The summed E-state index contributed by atoms with van der Waals surface area (Å²) in [6.07, 6.45) is 5.17. The summed E-state index contributed by atoms with van der Waals surface area (Å²) in [5, 5.41) is 17.2. The number of benzene rings is 1. The highest BCUT2D eigenvalue weighted by Gasteiger charge is 2.23. The minimum absolute atomic E-state index is 0.00828. The van der Waals surface area contributed by atoms with Gasteiger partial charge in [0.25, 0.3) is 0 Å². The van der Waals surface area contributed by atoms with Crippen LogP contribution in [0.25, 0.3) is 49.9 Å². The lowest BCUT2D eigenvalue weighted by atomic mass is 9.58. The van der Waals surface area contributed by atoms with Crippen molar-refractivity contribution in [2.24, 2.45) is 5.73 Å². The number of aromatic nitrogens is 7. The van der Waals surface area contributed by atoms with Crippen molar-refractivity contribution in [2.45, 2.75) is 84.0 Å². The van der Waals surface area contributed by atoms with Gasteiger partial charge in [-0.05, 0) is 160 Å². The van der Waals surface area contributed by atoms with E-state index in [9.17, 15) is 19.5 Å². The molecule has 18 heteroatoms. The number of nitrogens with two attached hydrogens (primary N) is 1. The molecule has 16 nitrogen and oxygen atoms in total. The highest BCUT2D eigenvalue weighted by Crippen LogP contribution is 2.33. The predicted octanol–water partition coefficient (Wildman–Crippen LogP) is 7.02. The zero-order chi connectivity index (χ0) is 49.2. The monoisotopic (exact) mass is 925 g/mol. The number of fused-ring (bicyclic) bond motifs is 7. The van der Waals surface area contributed by atoms with Gasteiger partial charge in [0.2, 0.25) is 11.8 Å². The van der Waals surface area contributed by atoms with Gasteiger partial charge in [-0.2, -0.15) is 0 Å². The summed E-state index contributed by atoms with van der Waals surface area (Å²) in [6.45, 7) is 12.9. The number of allylic oxidation sites excluding steroid dienone is 3. The van der Waals surface area contributed by atoms with Crippen LogP contribution in [0.15, 0.2) is 85.8 Å². The molecule has 1 atom stereocenters. The Balaban J connectivity index is 1.06. The summed E-state index contributed by atoms with van der Waals surface area (Å²) in [6, 6.07) is 19.8. The van der Waals surface area contributed by atoms with E-state index in [1.807, 2.05) is 64.1 Å². The number of imidazole rings is 1. The van der Waals surface area contributed by atoms with Gasteiger partial charge in [0.05, 0.1) is 63.0 Å². The van der Waals surface area contributed by atoms with E-state index in [0.29, 0.717) is 76.8 Å². The summed E-state index contributed by atoms with van der Waals surface area (Å²) in [5.41, 5.74) is 18.6. The van der Waals surface area contributed by atoms with Gasteiger partial charge in [-0.3, -0.25) is 19.4 Å². The number of hydrogen-bond acceptors (Lipinski definition) is 10. The zero-order valence-electron chi connectivity index (χ0n) is 39.5. The van der Waals surface area contributed by atoms with E-state index >= 15 is 0 Å². The third-order valence-corrected chi connectivity index (χ3v) is 11.8. The maximum absolute atomic E-state index is 13.8. The fourth-order valence-corrected chi connectivity index (χ4v) is 8.03. The number of nitrogens with one attached hydrogen (secondary N) is 6. The maximum atomic E-state index is 13.8. The second-order valence-electron chi connectivity index (χ2n) is 17.4. The van der Waals surface area contributed by atoms with E-state index in [0.717, 1.165) is 49.9 Å². The van der Waals surface area contributed by atoms with Gasteiger partial charge < -0.3 is 46.5 Å². The number of anilines is 1. The molecular weight excluding hydrogens is 868 g/mol. The Morgan fingerprint density at radius 3 is 2.30 bits per heavy atom. The number of amides is 2. The van der Waals surface area contributed by atoms with Crippen LogP contribution in [0.5, 0.6) is 5.75 Å². The van der Waals surface area contributed by atoms with E-state index in [4.69, 9.17) is 36.1 Å².